The van der Waals surface area contributed by atoms with Crippen LogP contribution >= 0.6 is 15.9 Å². The third-order valence-electron chi connectivity index (χ3n) is 3.31. The van der Waals surface area contributed by atoms with Crippen LogP contribution in [-0.4, -0.2) is 31.0 Å². The molecule has 1 fully saturated rings. The van der Waals surface area contributed by atoms with Crippen molar-refractivity contribution >= 4 is 15.9 Å². The topological polar surface area (TPSA) is 38.7 Å². The van der Waals surface area contributed by atoms with Gasteiger partial charge in [-0.15, -0.1) is 0 Å². The number of aliphatic hydroxyl groups is 1. The summed E-state index contributed by atoms with van der Waals surface area (Å²) < 4.78 is 11.7. The minimum absolute atomic E-state index is 0.0142. The van der Waals surface area contributed by atoms with Crippen LogP contribution in [0, 0.1) is 0 Å². The molecule has 0 radical (unpaired) electrons. The van der Waals surface area contributed by atoms with Gasteiger partial charge in [0.2, 0.25) is 0 Å². The maximum atomic E-state index is 10.2. The van der Waals surface area contributed by atoms with Crippen molar-refractivity contribution in [2.24, 2.45) is 0 Å². The van der Waals surface area contributed by atoms with Crippen LogP contribution in [0.1, 0.15) is 24.8 Å². The average Bonchev–Trinajstić information content (AvgIpc) is 2.40. The zero-order valence-corrected chi connectivity index (χ0v) is 12.1. The van der Waals surface area contributed by atoms with Gasteiger partial charge in [0.05, 0.1) is 23.8 Å². The molecule has 1 aliphatic rings. The molecule has 0 spiro atoms. The number of ether oxygens (including phenoxy) is 2. The molecule has 1 saturated heterocycles. The molecule has 18 heavy (non-hydrogen) atoms. The van der Waals surface area contributed by atoms with Crippen molar-refractivity contribution < 1.29 is 14.6 Å². The van der Waals surface area contributed by atoms with Gasteiger partial charge in [-0.3, -0.25) is 0 Å². The molecule has 1 aromatic carbocycles. The largest absolute Gasteiger partial charge is 0.496 e. The molecule has 1 aromatic rings. The number of methoxy groups -OCH3 is 1. The molecule has 4 heteroatoms. The molecule has 0 aliphatic carbocycles. The molecule has 1 heterocycles. The Balaban J connectivity index is 1.97. The molecule has 100 valence electrons. The number of halogens is 1. The van der Waals surface area contributed by atoms with Gasteiger partial charge in [-0.25, -0.2) is 0 Å². The SMILES string of the molecule is COc1ccc(CC(O)C2CCCCO2)cc1Br. The average molecular weight is 315 g/mol. The first-order chi connectivity index (χ1) is 8.70. The molecule has 2 atom stereocenters. The molecular weight excluding hydrogens is 296 g/mol. The second kappa shape index (κ2) is 6.55. The Hall–Kier alpha value is -0.580. The molecule has 1 aliphatic heterocycles. The summed E-state index contributed by atoms with van der Waals surface area (Å²) in [6.45, 7) is 0.772. The van der Waals surface area contributed by atoms with Gasteiger partial charge in [0.15, 0.2) is 0 Å². The first kappa shape index (κ1) is 13.8. The van der Waals surface area contributed by atoms with Crippen LogP contribution in [-0.2, 0) is 11.2 Å². The lowest BCUT2D eigenvalue weighted by Crippen LogP contribution is -2.33. The second-order valence-corrected chi connectivity index (χ2v) is 5.50. The molecule has 2 rings (SSSR count). The smallest absolute Gasteiger partial charge is 0.133 e. The Kier molecular flexibility index (Phi) is 5.03. The molecule has 0 saturated carbocycles. The van der Waals surface area contributed by atoms with E-state index in [0.29, 0.717) is 6.42 Å². The van der Waals surface area contributed by atoms with Gasteiger partial charge in [-0.2, -0.15) is 0 Å². The number of aliphatic hydroxyl groups excluding tert-OH is 1. The van der Waals surface area contributed by atoms with Crippen LogP contribution in [0.15, 0.2) is 22.7 Å². The summed E-state index contributed by atoms with van der Waals surface area (Å²) in [5.74, 6) is 0.808. The summed E-state index contributed by atoms with van der Waals surface area (Å²) in [6, 6.07) is 5.88. The minimum Gasteiger partial charge on any atom is -0.496 e. The van der Waals surface area contributed by atoms with E-state index >= 15 is 0 Å². The van der Waals surface area contributed by atoms with E-state index < -0.39 is 6.10 Å². The van der Waals surface area contributed by atoms with E-state index in [4.69, 9.17) is 9.47 Å². The highest BCUT2D eigenvalue weighted by atomic mass is 79.9. The highest BCUT2D eigenvalue weighted by Crippen LogP contribution is 2.27. The summed E-state index contributed by atoms with van der Waals surface area (Å²) in [4.78, 5) is 0. The third-order valence-corrected chi connectivity index (χ3v) is 3.92. The first-order valence-electron chi connectivity index (χ1n) is 6.33. The highest BCUT2D eigenvalue weighted by Gasteiger charge is 2.22. The predicted molar refractivity (Wildman–Crippen MR) is 74.0 cm³/mol. The normalized spacial score (nSPS) is 21.6. The Bertz CT molecular complexity index is 389. The van der Waals surface area contributed by atoms with E-state index in [9.17, 15) is 5.11 Å². The Morgan fingerprint density at radius 1 is 1.50 bits per heavy atom. The predicted octanol–water partition coefficient (Wildman–Crippen LogP) is 2.93. The summed E-state index contributed by atoms with van der Waals surface area (Å²) in [7, 11) is 1.64. The molecule has 3 nitrogen and oxygen atoms in total. The van der Waals surface area contributed by atoms with E-state index in [-0.39, 0.29) is 6.10 Å². The summed E-state index contributed by atoms with van der Waals surface area (Å²) in [6.07, 6.45) is 3.39. The van der Waals surface area contributed by atoms with Crippen LogP contribution in [0.25, 0.3) is 0 Å². The first-order valence-corrected chi connectivity index (χ1v) is 7.12. The Morgan fingerprint density at radius 3 is 2.94 bits per heavy atom. The van der Waals surface area contributed by atoms with Crippen LogP contribution in [0.2, 0.25) is 0 Å². The fraction of sp³-hybridized carbons (Fsp3) is 0.571. The van der Waals surface area contributed by atoms with Crippen molar-refractivity contribution in [2.75, 3.05) is 13.7 Å². The van der Waals surface area contributed by atoms with E-state index in [1.165, 1.54) is 0 Å². The second-order valence-electron chi connectivity index (χ2n) is 4.65. The fourth-order valence-corrected chi connectivity index (χ4v) is 2.87. The molecule has 0 aromatic heterocycles. The molecule has 2 unspecified atom stereocenters. The van der Waals surface area contributed by atoms with Gasteiger partial charge < -0.3 is 14.6 Å². The summed E-state index contributed by atoms with van der Waals surface area (Å²) >= 11 is 3.46. The van der Waals surface area contributed by atoms with Crippen LogP contribution in [0.5, 0.6) is 5.75 Å². The number of hydrogen-bond donors (Lipinski definition) is 1. The standard InChI is InChI=1S/C14H19BrO3/c1-17-13-6-5-10(8-11(13)15)9-12(16)14-4-2-3-7-18-14/h5-6,8,12,14,16H,2-4,7,9H2,1H3. The van der Waals surface area contributed by atoms with Gasteiger partial charge in [0.25, 0.3) is 0 Å². The van der Waals surface area contributed by atoms with Crippen LogP contribution < -0.4 is 4.74 Å². The quantitative estimate of drug-likeness (QED) is 0.928. The van der Waals surface area contributed by atoms with Crippen LogP contribution in [0.3, 0.4) is 0 Å². The van der Waals surface area contributed by atoms with Crippen molar-refractivity contribution in [1.29, 1.82) is 0 Å². The minimum atomic E-state index is -0.425. The summed E-state index contributed by atoms with van der Waals surface area (Å²) in [5.41, 5.74) is 1.09. The highest BCUT2D eigenvalue weighted by molar-refractivity contribution is 9.10. The zero-order valence-electron chi connectivity index (χ0n) is 10.6. The molecule has 0 amide bonds. The van der Waals surface area contributed by atoms with Crippen molar-refractivity contribution in [2.45, 2.75) is 37.9 Å². The molecular formula is C14H19BrO3. The van der Waals surface area contributed by atoms with Crippen molar-refractivity contribution in [3.8, 4) is 5.75 Å². The summed E-state index contributed by atoms with van der Waals surface area (Å²) in [5, 5.41) is 10.2. The van der Waals surface area contributed by atoms with Gasteiger partial charge >= 0.3 is 0 Å². The number of benzene rings is 1. The Morgan fingerprint density at radius 2 is 2.33 bits per heavy atom. The van der Waals surface area contributed by atoms with Gasteiger partial charge in [-0.1, -0.05) is 6.07 Å². The van der Waals surface area contributed by atoms with Crippen molar-refractivity contribution in [3.63, 3.8) is 0 Å². The number of hydrogen-bond acceptors (Lipinski definition) is 3. The molecule has 0 bridgehead atoms. The Labute approximate surface area is 116 Å². The fourth-order valence-electron chi connectivity index (χ4n) is 2.28. The van der Waals surface area contributed by atoms with Crippen molar-refractivity contribution in [1.82, 2.24) is 0 Å². The van der Waals surface area contributed by atoms with Gasteiger partial charge in [-0.05, 0) is 52.9 Å². The van der Waals surface area contributed by atoms with E-state index in [0.717, 1.165) is 41.7 Å². The zero-order chi connectivity index (χ0) is 13.0. The maximum Gasteiger partial charge on any atom is 0.133 e. The van der Waals surface area contributed by atoms with E-state index in [1.54, 1.807) is 7.11 Å². The van der Waals surface area contributed by atoms with E-state index in [1.807, 2.05) is 18.2 Å². The lowest BCUT2D eigenvalue weighted by molar-refractivity contribution is -0.0611. The third kappa shape index (κ3) is 3.46. The lowest BCUT2D eigenvalue weighted by Gasteiger charge is -2.27. The van der Waals surface area contributed by atoms with Crippen LogP contribution in [0.4, 0.5) is 0 Å². The monoisotopic (exact) mass is 314 g/mol. The van der Waals surface area contributed by atoms with E-state index in [2.05, 4.69) is 15.9 Å². The van der Waals surface area contributed by atoms with Gasteiger partial charge in [0.1, 0.15) is 5.75 Å². The van der Waals surface area contributed by atoms with Crippen molar-refractivity contribution in [3.05, 3.63) is 28.2 Å². The van der Waals surface area contributed by atoms with Gasteiger partial charge in [0, 0.05) is 13.0 Å². The lowest BCUT2D eigenvalue weighted by atomic mass is 9.98. The maximum absolute atomic E-state index is 10.2. The molecule has 1 N–H and O–H groups in total. The number of rotatable bonds is 4.